The second-order valence-electron chi connectivity index (χ2n) is 6.85. The molecule has 136 valence electrons. The van der Waals surface area contributed by atoms with Gasteiger partial charge < -0.3 is 19.5 Å². The molecule has 0 radical (unpaired) electrons. The Morgan fingerprint density at radius 2 is 1.88 bits per heavy atom. The van der Waals surface area contributed by atoms with Crippen molar-refractivity contribution in [3.63, 3.8) is 0 Å². The second kappa shape index (κ2) is 7.38. The van der Waals surface area contributed by atoms with Crippen molar-refractivity contribution >= 4 is 5.91 Å². The predicted molar refractivity (Wildman–Crippen MR) is 97.0 cm³/mol. The molecule has 0 aliphatic carbocycles. The summed E-state index contributed by atoms with van der Waals surface area (Å²) < 4.78 is 11.6. The highest BCUT2D eigenvalue weighted by atomic mass is 16.5. The van der Waals surface area contributed by atoms with Crippen molar-refractivity contribution < 1.29 is 19.4 Å². The minimum Gasteiger partial charge on any atom is -0.493 e. The highest BCUT2D eigenvalue weighted by Crippen LogP contribution is 2.30. The normalized spacial score (nSPS) is 19.3. The van der Waals surface area contributed by atoms with E-state index in [1.54, 1.807) is 0 Å². The van der Waals surface area contributed by atoms with Gasteiger partial charge in [-0.25, -0.2) is 0 Å². The largest absolute Gasteiger partial charge is 0.493 e. The average Bonchev–Trinajstić information content (AvgIpc) is 3.02. The standard InChI is InChI=1S/C21H23NO4/c23-14-15-5-6-20-18(11-15)13-22(8-10-26-20)21(24)17-7-9-25-19-4-2-1-3-16(19)12-17/h1-6,11,17,23H,7-10,12-14H2. The molecule has 1 unspecified atom stereocenters. The van der Waals surface area contributed by atoms with Gasteiger partial charge in [-0.2, -0.15) is 0 Å². The summed E-state index contributed by atoms with van der Waals surface area (Å²) in [7, 11) is 0. The molecule has 2 heterocycles. The molecule has 0 saturated carbocycles. The first-order chi connectivity index (χ1) is 12.7. The Hall–Kier alpha value is -2.53. The van der Waals surface area contributed by atoms with Crippen LogP contribution in [0, 0.1) is 5.92 Å². The van der Waals surface area contributed by atoms with Crippen LogP contribution >= 0.6 is 0 Å². The lowest BCUT2D eigenvalue weighted by molar-refractivity contribution is -0.136. The molecule has 5 nitrogen and oxygen atoms in total. The Labute approximate surface area is 153 Å². The molecule has 0 fully saturated rings. The van der Waals surface area contributed by atoms with Crippen molar-refractivity contribution in [1.29, 1.82) is 0 Å². The van der Waals surface area contributed by atoms with Gasteiger partial charge in [-0.05, 0) is 42.2 Å². The molecule has 2 aromatic rings. The summed E-state index contributed by atoms with van der Waals surface area (Å²) in [6.45, 7) is 2.11. The number of para-hydroxylation sites is 1. The molecule has 2 aliphatic heterocycles. The maximum atomic E-state index is 13.2. The molecule has 1 atom stereocenters. The van der Waals surface area contributed by atoms with E-state index in [0.717, 1.165) is 28.2 Å². The number of amides is 1. The van der Waals surface area contributed by atoms with Crippen LogP contribution in [0.15, 0.2) is 42.5 Å². The van der Waals surface area contributed by atoms with E-state index < -0.39 is 0 Å². The maximum absolute atomic E-state index is 13.2. The number of fused-ring (bicyclic) bond motifs is 2. The first kappa shape index (κ1) is 16.9. The van der Waals surface area contributed by atoms with Crippen molar-refractivity contribution in [3.8, 4) is 11.5 Å². The van der Waals surface area contributed by atoms with E-state index in [4.69, 9.17) is 9.47 Å². The third-order valence-electron chi connectivity index (χ3n) is 5.11. The number of ether oxygens (including phenoxy) is 2. The molecule has 26 heavy (non-hydrogen) atoms. The summed E-state index contributed by atoms with van der Waals surface area (Å²) in [6.07, 6.45) is 1.42. The second-order valence-corrected chi connectivity index (χ2v) is 6.85. The number of aliphatic hydroxyl groups excluding tert-OH is 1. The highest BCUT2D eigenvalue weighted by molar-refractivity contribution is 5.79. The Morgan fingerprint density at radius 1 is 1.08 bits per heavy atom. The van der Waals surface area contributed by atoms with Gasteiger partial charge >= 0.3 is 0 Å². The summed E-state index contributed by atoms with van der Waals surface area (Å²) in [4.78, 5) is 15.1. The number of hydrogen-bond donors (Lipinski definition) is 1. The van der Waals surface area contributed by atoms with Crippen LogP contribution in [0.25, 0.3) is 0 Å². The summed E-state index contributed by atoms with van der Waals surface area (Å²) in [5.74, 6) is 1.75. The van der Waals surface area contributed by atoms with E-state index in [1.807, 2.05) is 47.4 Å². The van der Waals surface area contributed by atoms with E-state index in [1.165, 1.54) is 0 Å². The lowest BCUT2D eigenvalue weighted by Gasteiger charge is -2.25. The minimum atomic E-state index is -0.0822. The fourth-order valence-corrected chi connectivity index (χ4v) is 3.70. The van der Waals surface area contributed by atoms with Crippen molar-refractivity contribution in [3.05, 3.63) is 59.2 Å². The molecular formula is C21H23NO4. The molecular weight excluding hydrogens is 330 g/mol. The van der Waals surface area contributed by atoms with Crippen molar-refractivity contribution in [1.82, 2.24) is 4.90 Å². The van der Waals surface area contributed by atoms with Crippen molar-refractivity contribution in [2.45, 2.75) is 26.0 Å². The fraction of sp³-hybridized carbons (Fsp3) is 0.381. The van der Waals surface area contributed by atoms with Crippen LogP contribution in [-0.2, 0) is 24.4 Å². The third-order valence-corrected chi connectivity index (χ3v) is 5.11. The predicted octanol–water partition coefficient (Wildman–Crippen LogP) is 2.54. The summed E-state index contributed by atoms with van der Waals surface area (Å²) in [5.41, 5.74) is 2.88. The Balaban J connectivity index is 1.54. The molecule has 5 heteroatoms. The maximum Gasteiger partial charge on any atom is 0.226 e. The van der Waals surface area contributed by atoms with Crippen LogP contribution in [0.1, 0.15) is 23.1 Å². The monoisotopic (exact) mass is 353 g/mol. The van der Waals surface area contributed by atoms with Crippen LogP contribution < -0.4 is 9.47 Å². The molecule has 0 bridgehead atoms. The first-order valence-corrected chi connectivity index (χ1v) is 9.09. The molecule has 0 saturated heterocycles. The van der Waals surface area contributed by atoms with Crippen LogP contribution in [0.4, 0.5) is 0 Å². The van der Waals surface area contributed by atoms with E-state index in [0.29, 0.717) is 39.1 Å². The Morgan fingerprint density at radius 3 is 2.77 bits per heavy atom. The minimum absolute atomic E-state index is 0.0159. The zero-order chi connectivity index (χ0) is 17.9. The molecule has 0 spiro atoms. The van der Waals surface area contributed by atoms with Crippen molar-refractivity contribution in [2.75, 3.05) is 19.8 Å². The smallest absolute Gasteiger partial charge is 0.226 e. The number of nitrogens with zero attached hydrogens (tertiary/aromatic N) is 1. The van der Waals surface area contributed by atoms with Gasteiger partial charge in [-0.1, -0.05) is 24.3 Å². The summed E-state index contributed by atoms with van der Waals surface area (Å²) >= 11 is 0. The number of benzene rings is 2. The van der Waals surface area contributed by atoms with E-state index >= 15 is 0 Å². The van der Waals surface area contributed by atoms with Gasteiger partial charge in [0.2, 0.25) is 5.91 Å². The topological polar surface area (TPSA) is 59.0 Å². The molecule has 4 rings (SSSR count). The number of aliphatic hydroxyl groups is 1. The lowest BCUT2D eigenvalue weighted by Crippen LogP contribution is -2.38. The van der Waals surface area contributed by atoms with E-state index in [9.17, 15) is 9.90 Å². The van der Waals surface area contributed by atoms with Gasteiger partial charge in [0.25, 0.3) is 0 Å². The quantitative estimate of drug-likeness (QED) is 0.901. The van der Waals surface area contributed by atoms with Gasteiger partial charge in [0.1, 0.15) is 18.1 Å². The van der Waals surface area contributed by atoms with Crippen LogP contribution in [0.3, 0.4) is 0 Å². The zero-order valence-corrected chi connectivity index (χ0v) is 14.7. The molecule has 1 amide bonds. The van der Waals surface area contributed by atoms with Gasteiger partial charge in [-0.15, -0.1) is 0 Å². The highest BCUT2D eigenvalue weighted by Gasteiger charge is 2.29. The van der Waals surface area contributed by atoms with E-state index in [2.05, 4.69) is 0 Å². The van der Waals surface area contributed by atoms with Crippen LogP contribution in [0.5, 0.6) is 11.5 Å². The van der Waals surface area contributed by atoms with Gasteiger partial charge in [0.05, 0.1) is 19.8 Å². The fourth-order valence-electron chi connectivity index (χ4n) is 3.70. The molecule has 1 N–H and O–H groups in total. The SMILES string of the molecule is O=C(C1CCOc2ccccc2C1)N1CCOc2ccc(CO)cc2C1. The van der Waals surface area contributed by atoms with Crippen molar-refractivity contribution in [2.24, 2.45) is 5.92 Å². The van der Waals surface area contributed by atoms with E-state index in [-0.39, 0.29) is 18.4 Å². The number of hydrogen-bond acceptors (Lipinski definition) is 4. The lowest BCUT2D eigenvalue weighted by atomic mass is 9.95. The first-order valence-electron chi connectivity index (χ1n) is 9.09. The Bertz CT molecular complexity index is 804. The molecule has 2 aliphatic rings. The molecule has 0 aromatic heterocycles. The van der Waals surface area contributed by atoms with Gasteiger partial charge in [0.15, 0.2) is 0 Å². The van der Waals surface area contributed by atoms with Crippen LogP contribution in [-0.4, -0.2) is 35.7 Å². The van der Waals surface area contributed by atoms with Gasteiger partial charge in [0, 0.05) is 18.0 Å². The summed E-state index contributed by atoms with van der Waals surface area (Å²) in [6, 6.07) is 13.6. The molecule has 2 aromatic carbocycles. The number of carbonyl (C=O) groups is 1. The average molecular weight is 353 g/mol. The third kappa shape index (κ3) is 3.40. The van der Waals surface area contributed by atoms with Gasteiger partial charge in [-0.3, -0.25) is 4.79 Å². The number of carbonyl (C=O) groups excluding carboxylic acids is 1. The van der Waals surface area contributed by atoms with Crippen LogP contribution in [0.2, 0.25) is 0 Å². The Kier molecular flexibility index (Phi) is 4.80. The number of rotatable bonds is 2. The zero-order valence-electron chi connectivity index (χ0n) is 14.7. The summed E-state index contributed by atoms with van der Waals surface area (Å²) in [5, 5.41) is 9.38.